The fraction of sp³-hybridized carbons (Fsp3) is 0.471. The maximum atomic E-state index is 12.3. The molecule has 0 bridgehead atoms. The predicted octanol–water partition coefficient (Wildman–Crippen LogP) is 2.76. The van der Waals surface area contributed by atoms with Gasteiger partial charge in [-0.2, -0.15) is 0 Å². The normalized spacial score (nSPS) is 15.4. The van der Waals surface area contributed by atoms with Crippen LogP contribution in [0.25, 0.3) is 0 Å². The number of aryl methyl sites for hydroxylation is 1. The minimum Gasteiger partial charge on any atom is -0.339 e. The highest BCUT2D eigenvalue weighted by molar-refractivity contribution is 8.01. The lowest BCUT2D eigenvalue weighted by Crippen LogP contribution is -2.47. The van der Waals surface area contributed by atoms with E-state index in [4.69, 9.17) is 0 Å². The van der Waals surface area contributed by atoms with Gasteiger partial charge in [0.2, 0.25) is 11.0 Å². The van der Waals surface area contributed by atoms with Crippen LogP contribution in [0.5, 0.6) is 0 Å². The maximum Gasteiger partial charge on any atom is 0.233 e. The Labute approximate surface area is 156 Å². The molecule has 0 atom stereocenters. The van der Waals surface area contributed by atoms with E-state index < -0.39 is 0 Å². The van der Waals surface area contributed by atoms with Crippen LogP contribution in [0.3, 0.4) is 0 Å². The van der Waals surface area contributed by atoms with Gasteiger partial charge in [0.1, 0.15) is 0 Å². The molecular formula is C17H23N5OS2. The summed E-state index contributed by atoms with van der Waals surface area (Å²) in [6.45, 7) is 7.68. The van der Waals surface area contributed by atoms with Crippen molar-refractivity contribution in [2.45, 2.75) is 18.2 Å². The van der Waals surface area contributed by atoms with Gasteiger partial charge >= 0.3 is 0 Å². The topological polar surface area (TPSA) is 61.4 Å². The monoisotopic (exact) mass is 377 g/mol. The molecule has 1 aliphatic heterocycles. The molecule has 25 heavy (non-hydrogen) atoms. The minimum absolute atomic E-state index is 0.178. The third kappa shape index (κ3) is 4.71. The van der Waals surface area contributed by atoms with Crippen molar-refractivity contribution in [1.82, 2.24) is 20.0 Å². The Morgan fingerprint density at radius 1 is 1.24 bits per heavy atom. The molecule has 0 radical (unpaired) electrons. The van der Waals surface area contributed by atoms with E-state index in [1.165, 1.54) is 34.2 Å². The van der Waals surface area contributed by atoms with Crippen molar-refractivity contribution < 1.29 is 4.79 Å². The van der Waals surface area contributed by atoms with Crippen molar-refractivity contribution in [1.29, 1.82) is 0 Å². The number of hydrogen-bond acceptors (Lipinski definition) is 7. The number of nitrogens with one attached hydrogen (secondary N) is 1. The Balaban J connectivity index is 1.53. The summed E-state index contributed by atoms with van der Waals surface area (Å²) in [5, 5.41) is 12.4. The summed E-state index contributed by atoms with van der Waals surface area (Å²) in [5.74, 6) is 0.597. The Hall–Kier alpha value is -1.64. The van der Waals surface area contributed by atoms with Crippen LogP contribution in [0, 0.1) is 13.8 Å². The summed E-state index contributed by atoms with van der Waals surface area (Å²) in [5.41, 5.74) is 3.49. The summed E-state index contributed by atoms with van der Waals surface area (Å²) in [6.07, 6.45) is 0. The number of thioether (sulfide) groups is 1. The van der Waals surface area contributed by atoms with E-state index in [2.05, 4.69) is 47.4 Å². The molecular weight excluding hydrogens is 354 g/mol. The van der Waals surface area contributed by atoms with Gasteiger partial charge in [-0.1, -0.05) is 35.2 Å². The highest BCUT2D eigenvalue weighted by Gasteiger charge is 2.19. The largest absolute Gasteiger partial charge is 0.339 e. The van der Waals surface area contributed by atoms with Crippen molar-refractivity contribution in [3.05, 3.63) is 29.3 Å². The van der Waals surface area contributed by atoms with E-state index in [-0.39, 0.29) is 5.91 Å². The van der Waals surface area contributed by atoms with Crippen LogP contribution < -0.4 is 5.32 Å². The fourth-order valence-corrected chi connectivity index (χ4v) is 4.26. The summed E-state index contributed by atoms with van der Waals surface area (Å²) < 4.78 is 0.815. The SMILES string of the molecule is Cc1cccc(Nc2nnc(SCC(=O)N3CCN(C)CC3)s2)c1C. The third-order valence-corrected chi connectivity index (χ3v) is 6.38. The van der Waals surface area contributed by atoms with Gasteiger partial charge in [-0.05, 0) is 38.1 Å². The highest BCUT2D eigenvalue weighted by Crippen LogP contribution is 2.29. The quantitative estimate of drug-likeness (QED) is 0.809. The molecule has 2 heterocycles. The lowest BCUT2D eigenvalue weighted by atomic mass is 10.1. The van der Waals surface area contributed by atoms with Gasteiger partial charge in [0.25, 0.3) is 0 Å². The number of rotatable bonds is 5. The zero-order chi connectivity index (χ0) is 17.8. The number of carbonyl (C=O) groups excluding carboxylic acids is 1. The first-order valence-electron chi connectivity index (χ1n) is 8.29. The summed E-state index contributed by atoms with van der Waals surface area (Å²) >= 11 is 2.94. The lowest BCUT2D eigenvalue weighted by Gasteiger charge is -2.32. The number of piperazine rings is 1. The van der Waals surface area contributed by atoms with E-state index in [1.54, 1.807) is 0 Å². The number of carbonyl (C=O) groups is 1. The molecule has 1 saturated heterocycles. The van der Waals surface area contributed by atoms with E-state index in [0.717, 1.165) is 41.3 Å². The van der Waals surface area contributed by atoms with E-state index in [0.29, 0.717) is 5.75 Å². The Morgan fingerprint density at radius 3 is 2.76 bits per heavy atom. The van der Waals surface area contributed by atoms with Crippen LogP contribution in [-0.4, -0.2) is 64.9 Å². The molecule has 0 aliphatic carbocycles. The minimum atomic E-state index is 0.178. The molecule has 0 saturated carbocycles. The molecule has 1 aliphatic rings. The number of benzene rings is 1. The molecule has 6 nitrogen and oxygen atoms in total. The Morgan fingerprint density at radius 2 is 2.00 bits per heavy atom. The van der Waals surface area contributed by atoms with Crippen LogP contribution in [0.1, 0.15) is 11.1 Å². The zero-order valence-corrected chi connectivity index (χ0v) is 16.4. The number of hydrogen-bond donors (Lipinski definition) is 1. The average molecular weight is 378 g/mol. The van der Waals surface area contributed by atoms with Crippen LogP contribution in [0.4, 0.5) is 10.8 Å². The zero-order valence-electron chi connectivity index (χ0n) is 14.8. The van der Waals surface area contributed by atoms with Crippen molar-refractivity contribution in [2.24, 2.45) is 0 Å². The van der Waals surface area contributed by atoms with Gasteiger partial charge < -0.3 is 15.1 Å². The van der Waals surface area contributed by atoms with E-state index in [1.807, 2.05) is 17.0 Å². The predicted molar refractivity (Wildman–Crippen MR) is 104 cm³/mol. The van der Waals surface area contributed by atoms with Gasteiger partial charge in [0, 0.05) is 31.9 Å². The van der Waals surface area contributed by atoms with Crippen LogP contribution >= 0.6 is 23.1 Å². The third-order valence-electron chi connectivity index (χ3n) is 4.43. The molecule has 134 valence electrons. The molecule has 1 aromatic carbocycles. The number of nitrogens with zero attached hydrogens (tertiary/aromatic N) is 4. The van der Waals surface area contributed by atoms with Crippen LogP contribution in [0.15, 0.2) is 22.5 Å². The van der Waals surface area contributed by atoms with Crippen molar-refractivity contribution in [2.75, 3.05) is 44.3 Å². The number of amides is 1. The van der Waals surface area contributed by atoms with Gasteiger partial charge in [-0.15, -0.1) is 10.2 Å². The molecule has 1 N–H and O–H groups in total. The van der Waals surface area contributed by atoms with Gasteiger partial charge in [-0.25, -0.2) is 0 Å². The number of anilines is 2. The standard InChI is InChI=1S/C17H23N5OS2/c1-12-5-4-6-14(13(12)2)18-16-19-20-17(25-16)24-11-15(23)22-9-7-21(3)8-10-22/h4-6H,7-11H2,1-3H3,(H,18,19). The highest BCUT2D eigenvalue weighted by atomic mass is 32.2. The first-order chi connectivity index (χ1) is 12.0. The number of aromatic nitrogens is 2. The Kier molecular flexibility index (Phi) is 5.93. The van der Waals surface area contributed by atoms with E-state index in [9.17, 15) is 4.79 Å². The first-order valence-corrected chi connectivity index (χ1v) is 10.1. The maximum absolute atomic E-state index is 12.3. The smallest absolute Gasteiger partial charge is 0.233 e. The number of likely N-dealkylation sites (N-methyl/N-ethyl adjacent to an activating group) is 1. The second kappa shape index (κ2) is 8.16. The van der Waals surface area contributed by atoms with E-state index >= 15 is 0 Å². The molecule has 1 aromatic heterocycles. The summed E-state index contributed by atoms with van der Waals surface area (Å²) in [6, 6.07) is 6.15. The second-order valence-electron chi connectivity index (χ2n) is 6.22. The fourth-order valence-electron chi connectivity index (χ4n) is 2.59. The lowest BCUT2D eigenvalue weighted by molar-refractivity contribution is -0.129. The molecule has 3 rings (SSSR count). The molecule has 2 aromatic rings. The van der Waals surface area contributed by atoms with Gasteiger partial charge in [-0.3, -0.25) is 4.79 Å². The summed E-state index contributed by atoms with van der Waals surface area (Å²) in [4.78, 5) is 16.5. The molecule has 0 spiro atoms. The Bertz CT molecular complexity index is 740. The van der Waals surface area contributed by atoms with Crippen molar-refractivity contribution in [3.8, 4) is 0 Å². The molecule has 8 heteroatoms. The molecule has 1 fully saturated rings. The first kappa shape index (κ1) is 18.2. The van der Waals surface area contributed by atoms with Crippen molar-refractivity contribution in [3.63, 3.8) is 0 Å². The second-order valence-corrected chi connectivity index (χ2v) is 8.42. The van der Waals surface area contributed by atoms with Gasteiger partial charge in [0.05, 0.1) is 5.75 Å². The van der Waals surface area contributed by atoms with Crippen LogP contribution in [-0.2, 0) is 4.79 Å². The van der Waals surface area contributed by atoms with Crippen molar-refractivity contribution >= 4 is 39.8 Å². The average Bonchev–Trinajstić information content (AvgIpc) is 3.05. The summed E-state index contributed by atoms with van der Waals surface area (Å²) in [7, 11) is 2.09. The van der Waals surface area contributed by atoms with Gasteiger partial charge in [0.15, 0.2) is 4.34 Å². The van der Waals surface area contributed by atoms with Crippen LogP contribution in [0.2, 0.25) is 0 Å². The molecule has 0 unspecified atom stereocenters. The molecule has 1 amide bonds.